The summed E-state index contributed by atoms with van der Waals surface area (Å²) in [5.41, 5.74) is 7.26. The van der Waals surface area contributed by atoms with E-state index < -0.39 is 17.7 Å². The van der Waals surface area contributed by atoms with Crippen LogP contribution in [0.2, 0.25) is 0 Å². The van der Waals surface area contributed by atoms with Crippen LogP contribution in [0.15, 0.2) is 42.5 Å². The Morgan fingerprint density at radius 1 is 1.06 bits per heavy atom. The summed E-state index contributed by atoms with van der Waals surface area (Å²) in [6, 6.07) is 11.3. The SMILES string of the molecule is CC(C)(C)OC(=O)N1CCC(COc2cc(-c3ccccc3N)ccc2OC(F)(F)F)CC1. The molecule has 0 saturated carbocycles. The van der Waals surface area contributed by atoms with E-state index in [2.05, 4.69) is 4.74 Å². The van der Waals surface area contributed by atoms with Crippen molar-refractivity contribution in [2.75, 3.05) is 25.4 Å². The number of rotatable bonds is 5. The lowest BCUT2D eigenvalue weighted by atomic mass is 9.98. The minimum absolute atomic E-state index is 0.0114. The van der Waals surface area contributed by atoms with Crippen molar-refractivity contribution in [2.24, 2.45) is 5.92 Å². The van der Waals surface area contributed by atoms with E-state index in [9.17, 15) is 18.0 Å². The fourth-order valence-corrected chi connectivity index (χ4v) is 3.57. The molecule has 3 rings (SSSR count). The first-order valence-corrected chi connectivity index (χ1v) is 10.8. The number of ether oxygens (including phenoxy) is 3. The van der Waals surface area contributed by atoms with Gasteiger partial charge in [-0.05, 0) is 63.3 Å². The van der Waals surface area contributed by atoms with Crippen LogP contribution in [0.5, 0.6) is 11.5 Å². The van der Waals surface area contributed by atoms with Gasteiger partial charge in [-0.15, -0.1) is 13.2 Å². The lowest BCUT2D eigenvalue weighted by molar-refractivity contribution is -0.275. The van der Waals surface area contributed by atoms with Gasteiger partial charge in [-0.3, -0.25) is 0 Å². The topological polar surface area (TPSA) is 74.0 Å². The molecule has 2 N–H and O–H groups in total. The van der Waals surface area contributed by atoms with Crippen molar-refractivity contribution < 1.29 is 32.2 Å². The number of nitrogens with two attached hydrogens (primary N) is 1. The van der Waals surface area contributed by atoms with Gasteiger partial charge in [0.25, 0.3) is 0 Å². The molecule has 0 unspecified atom stereocenters. The molecule has 1 aliphatic heterocycles. The highest BCUT2D eigenvalue weighted by Gasteiger charge is 2.33. The van der Waals surface area contributed by atoms with Crippen LogP contribution >= 0.6 is 0 Å². The third kappa shape index (κ3) is 7.20. The summed E-state index contributed by atoms with van der Waals surface area (Å²) < 4.78 is 54.0. The fraction of sp³-hybridized carbons (Fsp3) is 0.458. The molecule has 6 nitrogen and oxygen atoms in total. The van der Waals surface area contributed by atoms with Crippen molar-refractivity contribution in [1.82, 2.24) is 4.90 Å². The third-order valence-electron chi connectivity index (χ3n) is 5.18. The van der Waals surface area contributed by atoms with Gasteiger partial charge in [0.2, 0.25) is 0 Å². The average molecular weight is 467 g/mol. The normalized spacial score (nSPS) is 15.3. The minimum atomic E-state index is -4.84. The maximum absolute atomic E-state index is 12.9. The molecule has 9 heteroatoms. The quantitative estimate of drug-likeness (QED) is 0.559. The molecule has 1 fully saturated rings. The van der Waals surface area contributed by atoms with Crippen molar-refractivity contribution >= 4 is 11.8 Å². The maximum Gasteiger partial charge on any atom is 0.573 e. The number of nitrogens with zero attached hydrogens (tertiary/aromatic N) is 1. The van der Waals surface area contributed by atoms with E-state index in [0.29, 0.717) is 42.7 Å². The lowest BCUT2D eigenvalue weighted by Crippen LogP contribution is -2.42. The summed E-state index contributed by atoms with van der Waals surface area (Å²) in [6.07, 6.45) is -3.90. The first kappa shape index (κ1) is 24.5. The van der Waals surface area contributed by atoms with E-state index in [1.807, 2.05) is 20.8 Å². The standard InChI is InChI=1S/C24H29F3N2O4/c1-23(2,3)33-22(30)29-12-10-16(11-13-29)15-31-21-14-17(18-6-4-5-7-19(18)28)8-9-20(21)32-24(25,26)27/h4-9,14,16H,10-13,15,28H2,1-3H3. The molecular formula is C24H29F3N2O4. The van der Waals surface area contributed by atoms with E-state index in [1.54, 1.807) is 29.2 Å². The van der Waals surface area contributed by atoms with Gasteiger partial charge >= 0.3 is 12.5 Å². The molecule has 1 saturated heterocycles. The molecule has 0 radical (unpaired) electrons. The van der Waals surface area contributed by atoms with Gasteiger partial charge in [-0.2, -0.15) is 0 Å². The number of benzene rings is 2. The number of likely N-dealkylation sites (tertiary alicyclic amines) is 1. The molecule has 33 heavy (non-hydrogen) atoms. The van der Waals surface area contributed by atoms with Crippen LogP contribution in [-0.4, -0.2) is 42.7 Å². The first-order chi connectivity index (χ1) is 15.4. The van der Waals surface area contributed by atoms with E-state index in [4.69, 9.17) is 15.2 Å². The van der Waals surface area contributed by atoms with E-state index in [0.717, 1.165) is 0 Å². The number of para-hydroxylation sites is 1. The summed E-state index contributed by atoms with van der Waals surface area (Å²) in [7, 11) is 0. The minimum Gasteiger partial charge on any atom is -0.489 e. The summed E-state index contributed by atoms with van der Waals surface area (Å²) in [6.45, 7) is 6.62. The predicted molar refractivity (Wildman–Crippen MR) is 119 cm³/mol. The monoisotopic (exact) mass is 466 g/mol. The smallest absolute Gasteiger partial charge is 0.489 e. The van der Waals surface area contributed by atoms with E-state index >= 15 is 0 Å². The van der Waals surface area contributed by atoms with Gasteiger partial charge < -0.3 is 24.8 Å². The summed E-state index contributed by atoms with van der Waals surface area (Å²) in [5.74, 6) is -0.345. The van der Waals surface area contributed by atoms with E-state index in [-0.39, 0.29) is 24.4 Å². The fourth-order valence-electron chi connectivity index (χ4n) is 3.57. The molecule has 1 amide bonds. The average Bonchev–Trinajstić information content (AvgIpc) is 2.71. The second-order valence-electron chi connectivity index (χ2n) is 9.02. The number of piperidine rings is 1. The molecule has 1 heterocycles. The zero-order chi connectivity index (χ0) is 24.2. The number of hydrogen-bond acceptors (Lipinski definition) is 5. The number of nitrogen functional groups attached to an aromatic ring is 1. The number of carbonyl (C=O) groups is 1. The molecule has 0 bridgehead atoms. The number of alkyl halides is 3. The third-order valence-corrected chi connectivity index (χ3v) is 5.18. The Kier molecular flexibility index (Phi) is 7.29. The van der Waals surface area contributed by atoms with Crippen molar-refractivity contribution in [3.05, 3.63) is 42.5 Å². The molecule has 2 aromatic carbocycles. The van der Waals surface area contributed by atoms with Crippen LogP contribution < -0.4 is 15.2 Å². The number of amides is 1. The highest BCUT2D eigenvalue weighted by atomic mass is 19.4. The second-order valence-corrected chi connectivity index (χ2v) is 9.02. The molecule has 0 aromatic heterocycles. The summed E-state index contributed by atoms with van der Waals surface area (Å²) >= 11 is 0. The number of hydrogen-bond donors (Lipinski definition) is 1. The molecule has 0 spiro atoms. The van der Waals surface area contributed by atoms with Gasteiger partial charge in [-0.1, -0.05) is 24.3 Å². The summed E-state index contributed by atoms with van der Waals surface area (Å²) in [4.78, 5) is 13.9. The first-order valence-electron chi connectivity index (χ1n) is 10.8. The predicted octanol–water partition coefficient (Wildman–Crippen LogP) is 5.86. The van der Waals surface area contributed by atoms with Crippen LogP contribution in [0, 0.1) is 5.92 Å². The lowest BCUT2D eigenvalue weighted by Gasteiger charge is -2.33. The van der Waals surface area contributed by atoms with Crippen LogP contribution in [0.3, 0.4) is 0 Å². The van der Waals surface area contributed by atoms with Crippen molar-refractivity contribution in [3.63, 3.8) is 0 Å². The Morgan fingerprint density at radius 2 is 1.73 bits per heavy atom. The molecule has 180 valence electrons. The Morgan fingerprint density at radius 3 is 2.33 bits per heavy atom. The molecule has 0 aliphatic carbocycles. The summed E-state index contributed by atoms with van der Waals surface area (Å²) in [5, 5.41) is 0. The number of carbonyl (C=O) groups excluding carboxylic acids is 1. The Labute approximate surface area is 191 Å². The van der Waals surface area contributed by atoms with Gasteiger partial charge in [0.05, 0.1) is 6.61 Å². The molecule has 2 aromatic rings. The second kappa shape index (κ2) is 9.80. The zero-order valence-corrected chi connectivity index (χ0v) is 18.9. The number of halogens is 3. The Bertz CT molecular complexity index is 965. The Hall–Kier alpha value is -3.10. The highest BCUT2D eigenvalue weighted by Crippen LogP contribution is 2.38. The largest absolute Gasteiger partial charge is 0.573 e. The van der Waals surface area contributed by atoms with E-state index in [1.165, 1.54) is 18.2 Å². The number of anilines is 1. The zero-order valence-electron chi connectivity index (χ0n) is 18.9. The van der Waals surface area contributed by atoms with Crippen molar-refractivity contribution in [1.29, 1.82) is 0 Å². The van der Waals surface area contributed by atoms with Crippen LogP contribution in [-0.2, 0) is 4.74 Å². The van der Waals surface area contributed by atoms with Gasteiger partial charge in [0.15, 0.2) is 11.5 Å². The van der Waals surface area contributed by atoms with Crippen LogP contribution in [0.25, 0.3) is 11.1 Å². The highest BCUT2D eigenvalue weighted by molar-refractivity contribution is 5.77. The van der Waals surface area contributed by atoms with Gasteiger partial charge in [0, 0.05) is 24.3 Å². The van der Waals surface area contributed by atoms with Gasteiger partial charge in [0.1, 0.15) is 5.60 Å². The Balaban J connectivity index is 1.68. The van der Waals surface area contributed by atoms with Gasteiger partial charge in [-0.25, -0.2) is 4.79 Å². The molecule has 0 atom stereocenters. The van der Waals surface area contributed by atoms with Crippen LogP contribution in [0.1, 0.15) is 33.6 Å². The molecular weight excluding hydrogens is 437 g/mol. The molecule has 1 aliphatic rings. The van der Waals surface area contributed by atoms with Crippen LogP contribution in [0.4, 0.5) is 23.7 Å². The van der Waals surface area contributed by atoms with Crippen molar-refractivity contribution in [2.45, 2.75) is 45.6 Å². The maximum atomic E-state index is 12.9. The van der Waals surface area contributed by atoms with Crippen molar-refractivity contribution in [3.8, 4) is 22.6 Å².